The molecule has 1 aliphatic rings. The summed E-state index contributed by atoms with van der Waals surface area (Å²) in [5.74, 6) is 1.89. The highest BCUT2D eigenvalue weighted by Crippen LogP contribution is 2.28. The van der Waals surface area contributed by atoms with Crippen LogP contribution in [0.15, 0.2) is 11.2 Å². The molecular weight excluding hydrogens is 407 g/mol. The van der Waals surface area contributed by atoms with Crippen LogP contribution in [0.4, 0.5) is 0 Å². The Hall–Kier alpha value is -0.370. The van der Waals surface area contributed by atoms with Gasteiger partial charge in [-0.2, -0.15) is 0 Å². The van der Waals surface area contributed by atoms with Gasteiger partial charge in [0.05, 0.1) is 6.54 Å². The molecule has 126 valence electrons. The number of guanidine groups is 1. The van der Waals surface area contributed by atoms with Crippen molar-refractivity contribution in [2.75, 3.05) is 13.6 Å². The summed E-state index contributed by atoms with van der Waals surface area (Å²) < 4.78 is 0. The third kappa shape index (κ3) is 7.26. The number of aryl methyl sites for hydroxylation is 1. The van der Waals surface area contributed by atoms with E-state index in [4.69, 9.17) is 0 Å². The van der Waals surface area contributed by atoms with Gasteiger partial charge in [-0.15, -0.1) is 35.3 Å². The van der Waals surface area contributed by atoms with E-state index >= 15 is 0 Å². The van der Waals surface area contributed by atoms with E-state index in [0.717, 1.165) is 30.0 Å². The molecule has 1 aromatic heterocycles. The third-order valence-electron chi connectivity index (χ3n) is 4.11. The number of nitrogens with zero attached hydrogens (tertiary/aromatic N) is 2. The molecule has 0 spiro atoms. The first-order valence-electron chi connectivity index (χ1n) is 8.13. The molecule has 0 saturated heterocycles. The number of aliphatic imine (C=N–C) groups is 1. The van der Waals surface area contributed by atoms with Crippen molar-refractivity contribution in [1.29, 1.82) is 0 Å². The van der Waals surface area contributed by atoms with Gasteiger partial charge in [-0.3, -0.25) is 4.99 Å². The highest BCUT2D eigenvalue weighted by molar-refractivity contribution is 14.0. The molecule has 22 heavy (non-hydrogen) atoms. The fourth-order valence-corrected chi connectivity index (χ4v) is 3.65. The number of hydrogen-bond acceptors (Lipinski definition) is 3. The van der Waals surface area contributed by atoms with Gasteiger partial charge < -0.3 is 10.6 Å². The van der Waals surface area contributed by atoms with Gasteiger partial charge in [-0.1, -0.05) is 38.5 Å². The molecule has 0 aliphatic heterocycles. The summed E-state index contributed by atoms with van der Waals surface area (Å²) in [6.07, 6.45) is 11.7. The summed E-state index contributed by atoms with van der Waals surface area (Å²) >= 11 is 1.73. The Morgan fingerprint density at radius 2 is 2.09 bits per heavy atom. The Labute approximate surface area is 155 Å². The Bertz CT molecular complexity index is 441. The van der Waals surface area contributed by atoms with Crippen LogP contribution in [0, 0.1) is 12.8 Å². The van der Waals surface area contributed by atoms with E-state index in [9.17, 15) is 0 Å². The first kappa shape index (κ1) is 19.7. The van der Waals surface area contributed by atoms with Crippen LogP contribution >= 0.6 is 35.3 Å². The van der Waals surface area contributed by atoms with Crippen LogP contribution in [-0.4, -0.2) is 24.5 Å². The molecule has 0 atom stereocenters. The van der Waals surface area contributed by atoms with Gasteiger partial charge in [0.1, 0.15) is 5.01 Å². The average molecular weight is 436 g/mol. The van der Waals surface area contributed by atoms with Crippen molar-refractivity contribution >= 4 is 41.3 Å². The fraction of sp³-hybridized carbons (Fsp3) is 0.750. The average Bonchev–Trinajstić information content (AvgIpc) is 3.13. The van der Waals surface area contributed by atoms with Crippen molar-refractivity contribution in [1.82, 2.24) is 15.6 Å². The normalized spacial score (nSPS) is 15.6. The number of hydrogen-bond donors (Lipinski definition) is 2. The predicted octanol–water partition coefficient (Wildman–Crippen LogP) is 4.10. The highest BCUT2D eigenvalue weighted by atomic mass is 127. The minimum atomic E-state index is 0. The van der Waals surface area contributed by atoms with Crippen LogP contribution in [0.2, 0.25) is 0 Å². The summed E-state index contributed by atoms with van der Waals surface area (Å²) in [5.41, 5.74) is 0. The minimum absolute atomic E-state index is 0. The Morgan fingerprint density at radius 1 is 1.32 bits per heavy atom. The van der Waals surface area contributed by atoms with Gasteiger partial charge >= 0.3 is 0 Å². The predicted molar refractivity (Wildman–Crippen MR) is 106 cm³/mol. The number of unbranched alkanes of at least 4 members (excludes halogenated alkanes) is 1. The zero-order chi connectivity index (χ0) is 14.9. The van der Waals surface area contributed by atoms with Crippen LogP contribution in [0.3, 0.4) is 0 Å². The quantitative estimate of drug-likeness (QED) is 0.293. The van der Waals surface area contributed by atoms with Gasteiger partial charge in [0.15, 0.2) is 5.96 Å². The second-order valence-corrected chi connectivity index (χ2v) is 7.18. The molecule has 4 nitrogen and oxygen atoms in total. The lowest BCUT2D eigenvalue weighted by atomic mass is 10.0. The van der Waals surface area contributed by atoms with Crippen LogP contribution in [0.5, 0.6) is 0 Å². The lowest BCUT2D eigenvalue weighted by Gasteiger charge is -2.12. The summed E-state index contributed by atoms with van der Waals surface area (Å²) in [4.78, 5) is 9.86. The van der Waals surface area contributed by atoms with Gasteiger partial charge in [0, 0.05) is 24.7 Å². The molecule has 0 bridgehead atoms. The maximum absolute atomic E-state index is 4.35. The summed E-state index contributed by atoms with van der Waals surface area (Å²) in [6.45, 7) is 3.84. The minimum Gasteiger partial charge on any atom is -0.356 e. The number of aromatic nitrogens is 1. The topological polar surface area (TPSA) is 49.3 Å². The van der Waals surface area contributed by atoms with Gasteiger partial charge in [0.25, 0.3) is 0 Å². The van der Waals surface area contributed by atoms with E-state index in [1.54, 1.807) is 11.3 Å². The number of halogens is 1. The lowest BCUT2D eigenvalue weighted by Crippen LogP contribution is -2.37. The fourth-order valence-electron chi connectivity index (χ4n) is 2.93. The van der Waals surface area contributed by atoms with E-state index in [1.807, 2.05) is 13.2 Å². The molecule has 1 aliphatic carbocycles. The second kappa shape index (κ2) is 11.2. The van der Waals surface area contributed by atoms with Crippen LogP contribution < -0.4 is 10.6 Å². The summed E-state index contributed by atoms with van der Waals surface area (Å²) in [5, 5.41) is 7.81. The molecule has 1 saturated carbocycles. The summed E-state index contributed by atoms with van der Waals surface area (Å²) in [6, 6.07) is 0. The van der Waals surface area contributed by atoms with E-state index in [0.29, 0.717) is 0 Å². The highest BCUT2D eigenvalue weighted by Gasteiger charge is 2.13. The maximum Gasteiger partial charge on any atom is 0.191 e. The molecular formula is C16H29IN4S. The largest absolute Gasteiger partial charge is 0.356 e. The lowest BCUT2D eigenvalue weighted by molar-refractivity contribution is 0.472. The van der Waals surface area contributed by atoms with Gasteiger partial charge in [-0.05, 0) is 19.3 Å². The molecule has 2 N–H and O–H groups in total. The standard InChI is InChI=1S/C16H28N4S.HI/c1-13-11-19-15(21-13)12-20-16(17-2)18-10-6-5-9-14-7-3-4-8-14;/h11,14H,3-10,12H2,1-2H3,(H2,17,18,20);1H. The van der Waals surface area contributed by atoms with E-state index in [-0.39, 0.29) is 24.0 Å². The molecule has 1 heterocycles. The van der Waals surface area contributed by atoms with E-state index in [1.165, 1.54) is 49.8 Å². The zero-order valence-electron chi connectivity index (χ0n) is 13.7. The van der Waals surface area contributed by atoms with Gasteiger partial charge in [-0.25, -0.2) is 4.98 Å². The van der Waals surface area contributed by atoms with Crippen molar-refractivity contribution < 1.29 is 0 Å². The number of thiazole rings is 1. The Balaban J connectivity index is 0.00000242. The molecule has 1 aromatic rings. The molecule has 6 heteroatoms. The smallest absolute Gasteiger partial charge is 0.191 e. The first-order chi connectivity index (χ1) is 10.3. The van der Waals surface area contributed by atoms with Crippen molar-refractivity contribution in [2.24, 2.45) is 10.9 Å². The third-order valence-corrected chi connectivity index (χ3v) is 5.02. The first-order valence-corrected chi connectivity index (χ1v) is 8.95. The van der Waals surface area contributed by atoms with Crippen molar-refractivity contribution in [2.45, 2.75) is 58.4 Å². The van der Waals surface area contributed by atoms with E-state index < -0.39 is 0 Å². The molecule has 0 amide bonds. The number of nitrogens with one attached hydrogen (secondary N) is 2. The van der Waals surface area contributed by atoms with Crippen LogP contribution in [0.1, 0.15) is 54.8 Å². The monoisotopic (exact) mass is 436 g/mol. The van der Waals surface area contributed by atoms with Crippen molar-refractivity contribution in [3.63, 3.8) is 0 Å². The van der Waals surface area contributed by atoms with Crippen LogP contribution in [-0.2, 0) is 6.54 Å². The Kier molecular flexibility index (Phi) is 10.0. The molecule has 2 rings (SSSR count). The van der Waals surface area contributed by atoms with Crippen molar-refractivity contribution in [3.05, 3.63) is 16.1 Å². The summed E-state index contributed by atoms with van der Waals surface area (Å²) in [7, 11) is 1.82. The molecule has 1 fully saturated rings. The Morgan fingerprint density at radius 3 is 2.73 bits per heavy atom. The SMILES string of the molecule is CN=C(NCCCCC1CCCC1)NCc1ncc(C)s1.I. The second-order valence-electron chi connectivity index (χ2n) is 5.86. The molecule has 0 aromatic carbocycles. The molecule has 0 radical (unpaired) electrons. The van der Waals surface area contributed by atoms with E-state index in [2.05, 4.69) is 27.5 Å². The maximum atomic E-state index is 4.35. The van der Waals surface area contributed by atoms with Gasteiger partial charge in [0.2, 0.25) is 0 Å². The zero-order valence-corrected chi connectivity index (χ0v) is 16.9. The number of rotatable bonds is 7. The van der Waals surface area contributed by atoms with Crippen molar-refractivity contribution in [3.8, 4) is 0 Å². The molecule has 0 unspecified atom stereocenters. The van der Waals surface area contributed by atoms with Crippen LogP contribution in [0.25, 0.3) is 0 Å².